The fourth-order valence-corrected chi connectivity index (χ4v) is 1.94. The van der Waals surface area contributed by atoms with Crippen molar-refractivity contribution in [2.24, 2.45) is 7.05 Å². The number of aryl methyl sites for hydroxylation is 1. The lowest BCUT2D eigenvalue weighted by Crippen LogP contribution is -2.40. The van der Waals surface area contributed by atoms with Crippen LogP contribution in [0.4, 0.5) is 5.82 Å². The molecule has 1 aliphatic heterocycles. The summed E-state index contributed by atoms with van der Waals surface area (Å²) in [5.74, 6) is 0.442. The van der Waals surface area contributed by atoms with Crippen LogP contribution < -0.4 is 16.2 Å². The van der Waals surface area contributed by atoms with Crippen molar-refractivity contribution in [3.8, 4) is 0 Å². The van der Waals surface area contributed by atoms with Crippen molar-refractivity contribution < 1.29 is 0 Å². The molecule has 1 atom stereocenters. The zero-order valence-electron chi connectivity index (χ0n) is 9.57. The lowest BCUT2D eigenvalue weighted by molar-refractivity contribution is 0.414. The third-order valence-electron chi connectivity index (χ3n) is 2.95. The van der Waals surface area contributed by atoms with E-state index in [4.69, 9.17) is 0 Å². The average Bonchev–Trinajstić information content (AvgIpc) is 2.32. The van der Waals surface area contributed by atoms with Gasteiger partial charge in [0, 0.05) is 32.0 Å². The van der Waals surface area contributed by atoms with E-state index < -0.39 is 0 Å². The van der Waals surface area contributed by atoms with Crippen LogP contribution in [0.15, 0.2) is 17.2 Å². The molecule has 0 radical (unpaired) electrons. The molecule has 0 amide bonds. The Labute approximate surface area is 94.9 Å². The average molecular weight is 222 g/mol. The topological polar surface area (TPSA) is 59.0 Å². The van der Waals surface area contributed by atoms with Crippen molar-refractivity contribution in [1.82, 2.24) is 14.9 Å². The smallest absolute Gasteiger partial charge is 0.293 e. The van der Waals surface area contributed by atoms with Crippen molar-refractivity contribution in [3.63, 3.8) is 0 Å². The van der Waals surface area contributed by atoms with Gasteiger partial charge in [0.25, 0.3) is 5.56 Å². The molecule has 1 saturated heterocycles. The largest absolute Gasteiger partial charge is 0.364 e. The highest BCUT2D eigenvalue weighted by Gasteiger charge is 2.12. The predicted molar refractivity (Wildman–Crippen MR) is 63.6 cm³/mol. The van der Waals surface area contributed by atoms with E-state index in [0.717, 1.165) is 13.1 Å². The summed E-state index contributed by atoms with van der Waals surface area (Å²) in [6.45, 7) is 1.85. The molecule has 5 heteroatoms. The highest BCUT2D eigenvalue weighted by Crippen LogP contribution is 2.06. The van der Waals surface area contributed by atoms with Gasteiger partial charge >= 0.3 is 0 Å². The molecule has 0 aliphatic carbocycles. The van der Waals surface area contributed by atoms with Gasteiger partial charge in [-0.05, 0) is 19.4 Å². The van der Waals surface area contributed by atoms with E-state index in [2.05, 4.69) is 15.6 Å². The minimum Gasteiger partial charge on any atom is -0.364 e. The molecule has 0 saturated carbocycles. The Morgan fingerprint density at radius 1 is 1.62 bits per heavy atom. The summed E-state index contributed by atoms with van der Waals surface area (Å²) in [4.78, 5) is 15.7. The molecule has 2 rings (SSSR count). The molecule has 2 N–H and O–H groups in total. The summed E-state index contributed by atoms with van der Waals surface area (Å²) < 4.78 is 1.53. The highest BCUT2D eigenvalue weighted by molar-refractivity contribution is 5.30. The Morgan fingerprint density at radius 2 is 2.50 bits per heavy atom. The van der Waals surface area contributed by atoms with Gasteiger partial charge in [-0.3, -0.25) is 4.79 Å². The molecule has 5 nitrogen and oxygen atoms in total. The first-order valence-electron chi connectivity index (χ1n) is 5.76. The molecule has 1 aliphatic rings. The second kappa shape index (κ2) is 5.12. The number of piperidine rings is 1. The summed E-state index contributed by atoms with van der Waals surface area (Å²) in [5, 5.41) is 6.54. The first-order chi connectivity index (χ1) is 7.77. The summed E-state index contributed by atoms with van der Waals surface area (Å²) in [5.41, 5.74) is -0.0710. The normalized spacial score (nSPS) is 20.7. The van der Waals surface area contributed by atoms with Gasteiger partial charge in [0.1, 0.15) is 0 Å². The van der Waals surface area contributed by atoms with Crippen LogP contribution in [0.2, 0.25) is 0 Å². The number of hydrogen-bond acceptors (Lipinski definition) is 4. The molecule has 2 heterocycles. The summed E-state index contributed by atoms with van der Waals surface area (Å²) >= 11 is 0. The predicted octanol–water partition coefficient (Wildman–Crippen LogP) is 0.334. The molecule has 88 valence electrons. The minimum atomic E-state index is -0.0710. The maximum absolute atomic E-state index is 11.7. The van der Waals surface area contributed by atoms with E-state index in [0.29, 0.717) is 11.9 Å². The van der Waals surface area contributed by atoms with Gasteiger partial charge in [-0.25, -0.2) is 4.98 Å². The van der Waals surface area contributed by atoms with E-state index in [9.17, 15) is 4.79 Å². The quantitative estimate of drug-likeness (QED) is 0.774. The van der Waals surface area contributed by atoms with E-state index in [1.807, 2.05) is 0 Å². The second-order valence-electron chi connectivity index (χ2n) is 4.22. The van der Waals surface area contributed by atoms with Crippen LogP contribution in [0, 0.1) is 0 Å². The van der Waals surface area contributed by atoms with Gasteiger partial charge in [0.05, 0.1) is 0 Å². The van der Waals surface area contributed by atoms with Crippen molar-refractivity contribution >= 4 is 5.82 Å². The number of aromatic nitrogens is 2. The van der Waals surface area contributed by atoms with Crippen molar-refractivity contribution in [2.45, 2.75) is 25.3 Å². The molecule has 0 bridgehead atoms. The summed E-state index contributed by atoms with van der Waals surface area (Å²) in [7, 11) is 1.73. The number of hydrogen-bond donors (Lipinski definition) is 2. The SMILES string of the molecule is Cn1ccnc(NCC2CCCCN2)c1=O. The molecule has 1 fully saturated rings. The van der Waals surface area contributed by atoms with E-state index >= 15 is 0 Å². The number of nitrogens with one attached hydrogen (secondary N) is 2. The van der Waals surface area contributed by atoms with Crippen LogP contribution in [0.25, 0.3) is 0 Å². The molecule has 1 aromatic heterocycles. The van der Waals surface area contributed by atoms with Crippen molar-refractivity contribution in [1.29, 1.82) is 0 Å². The molecule has 1 aromatic rings. The highest BCUT2D eigenvalue weighted by atomic mass is 16.1. The van der Waals surface area contributed by atoms with E-state index in [-0.39, 0.29) is 5.56 Å². The standard InChI is InChI=1S/C11H18N4O/c1-15-7-6-13-10(11(15)16)14-8-9-4-2-3-5-12-9/h6-7,9,12H,2-5,8H2,1H3,(H,13,14). The Hall–Kier alpha value is -1.36. The Kier molecular flexibility index (Phi) is 3.56. The van der Waals surface area contributed by atoms with Crippen molar-refractivity contribution in [3.05, 3.63) is 22.7 Å². The number of rotatable bonds is 3. The molecule has 0 aromatic carbocycles. The maximum Gasteiger partial charge on any atom is 0.293 e. The fourth-order valence-electron chi connectivity index (χ4n) is 1.94. The molecular formula is C11H18N4O. The van der Waals surface area contributed by atoms with Gasteiger partial charge in [0.2, 0.25) is 0 Å². The van der Waals surface area contributed by atoms with Crippen LogP contribution in [0.1, 0.15) is 19.3 Å². The van der Waals surface area contributed by atoms with Gasteiger partial charge in [-0.1, -0.05) is 6.42 Å². The van der Waals surface area contributed by atoms with Gasteiger partial charge in [-0.2, -0.15) is 0 Å². The first-order valence-corrected chi connectivity index (χ1v) is 5.76. The third-order valence-corrected chi connectivity index (χ3v) is 2.95. The van der Waals surface area contributed by atoms with Gasteiger partial charge in [-0.15, -0.1) is 0 Å². The monoisotopic (exact) mass is 222 g/mol. The van der Waals surface area contributed by atoms with Gasteiger partial charge in [0.15, 0.2) is 5.82 Å². The maximum atomic E-state index is 11.7. The Morgan fingerprint density at radius 3 is 3.25 bits per heavy atom. The minimum absolute atomic E-state index is 0.0710. The van der Waals surface area contributed by atoms with Crippen LogP contribution in [-0.4, -0.2) is 28.7 Å². The summed E-state index contributed by atoms with van der Waals surface area (Å²) in [6.07, 6.45) is 6.98. The van der Waals surface area contributed by atoms with E-state index in [1.165, 1.54) is 23.8 Å². The second-order valence-corrected chi connectivity index (χ2v) is 4.22. The molecule has 16 heavy (non-hydrogen) atoms. The summed E-state index contributed by atoms with van der Waals surface area (Å²) in [6, 6.07) is 0.459. The zero-order chi connectivity index (χ0) is 11.4. The number of nitrogens with zero attached hydrogens (tertiary/aromatic N) is 2. The Balaban J connectivity index is 1.94. The van der Waals surface area contributed by atoms with Crippen LogP contribution >= 0.6 is 0 Å². The van der Waals surface area contributed by atoms with Crippen molar-refractivity contribution in [2.75, 3.05) is 18.4 Å². The molecular weight excluding hydrogens is 204 g/mol. The Bertz CT molecular complexity index is 395. The van der Waals surface area contributed by atoms with Crippen LogP contribution in [0.5, 0.6) is 0 Å². The van der Waals surface area contributed by atoms with E-state index in [1.54, 1.807) is 19.4 Å². The number of anilines is 1. The fraction of sp³-hybridized carbons (Fsp3) is 0.636. The van der Waals surface area contributed by atoms with Gasteiger partial charge < -0.3 is 15.2 Å². The van der Waals surface area contributed by atoms with Crippen LogP contribution in [0.3, 0.4) is 0 Å². The zero-order valence-corrected chi connectivity index (χ0v) is 9.57. The molecule has 0 spiro atoms. The lowest BCUT2D eigenvalue weighted by atomic mass is 10.1. The first kappa shape index (κ1) is 11.1. The van der Waals surface area contributed by atoms with Crippen LogP contribution in [-0.2, 0) is 7.05 Å². The lowest BCUT2D eigenvalue weighted by Gasteiger charge is -2.23. The third kappa shape index (κ3) is 2.61. The molecule has 1 unspecified atom stereocenters.